The van der Waals surface area contributed by atoms with E-state index >= 15 is 0 Å². The number of rotatable bonds is 12. The minimum Gasteiger partial charge on any atom is -0.490 e. The average Bonchev–Trinajstić information content (AvgIpc) is 2.79. The number of hydrogen-bond donors (Lipinski definition) is 1. The lowest BCUT2D eigenvalue weighted by molar-refractivity contribution is -0.142. The zero-order valence-electron chi connectivity index (χ0n) is 22.1. The topological polar surface area (TPSA) is 67.9 Å². The van der Waals surface area contributed by atoms with Crippen molar-refractivity contribution in [1.82, 2.24) is 10.2 Å². The predicted molar refractivity (Wildman–Crippen MR) is 146 cm³/mol. The van der Waals surface area contributed by atoms with Crippen LogP contribution in [0, 0.1) is 0 Å². The summed E-state index contributed by atoms with van der Waals surface area (Å²) in [7, 11) is 0. The van der Waals surface area contributed by atoms with Gasteiger partial charge in [0.15, 0.2) is 11.5 Å². The van der Waals surface area contributed by atoms with Crippen LogP contribution in [0.3, 0.4) is 0 Å². The van der Waals surface area contributed by atoms with E-state index in [-0.39, 0.29) is 24.8 Å². The van der Waals surface area contributed by atoms with Crippen LogP contribution in [0.2, 0.25) is 10.0 Å². The predicted octanol–water partition coefficient (Wildman–Crippen LogP) is 6.45. The number of carbonyl (C=O) groups excluding carboxylic acids is 2. The second-order valence-electron chi connectivity index (χ2n) is 9.57. The van der Waals surface area contributed by atoms with Crippen molar-refractivity contribution in [3.63, 3.8) is 0 Å². The van der Waals surface area contributed by atoms with Gasteiger partial charge in [-0.05, 0) is 82.9 Å². The van der Waals surface area contributed by atoms with Crippen molar-refractivity contribution in [2.24, 2.45) is 0 Å². The van der Waals surface area contributed by atoms with Crippen LogP contribution in [-0.4, -0.2) is 41.5 Å². The molecule has 36 heavy (non-hydrogen) atoms. The number of nitrogens with one attached hydrogen (secondary N) is 1. The van der Waals surface area contributed by atoms with Gasteiger partial charge in [-0.3, -0.25) is 9.59 Å². The van der Waals surface area contributed by atoms with Crippen LogP contribution < -0.4 is 14.8 Å². The van der Waals surface area contributed by atoms with Gasteiger partial charge in [-0.2, -0.15) is 0 Å². The molecule has 2 aromatic carbocycles. The van der Waals surface area contributed by atoms with Gasteiger partial charge in [0.05, 0.1) is 13.2 Å². The van der Waals surface area contributed by atoms with Crippen LogP contribution in [0.1, 0.15) is 65.5 Å². The number of nitrogens with zero attached hydrogens (tertiary/aromatic N) is 1. The van der Waals surface area contributed by atoms with Gasteiger partial charge in [-0.15, -0.1) is 0 Å². The van der Waals surface area contributed by atoms with Gasteiger partial charge in [0.2, 0.25) is 11.8 Å². The van der Waals surface area contributed by atoms with E-state index in [1.54, 1.807) is 23.1 Å². The quantitative estimate of drug-likeness (QED) is 0.338. The molecule has 0 heterocycles. The summed E-state index contributed by atoms with van der Waals surface area (Å²) < 4.78 is 11.4. The second-order valence-corrected chi connectivity index (χ2v) is 10.4. The molecule has 0 aliphatic heterocycles. The molecule has 0 fully saturated rings. The minimum atomic E-state index is -0.636. The fraction of sp³-hybridized carbons (Fsp3) is 0.500. The summed E-state index contributed by atoms with van der Waals surface area (Å²) >= 11 is 12.5. The van der Waals surface area contributed by atoms with Gasteiger partial charge in [0.1, 0.15) is 6.04 Å². The number of halogens is 2. The zero-order chi connectivity index (χ0) is 26.9. The third kappa shape index (κ3) is 8.90. The third-order valence-corrected chi connectivity index (χ3v) is 6.06. The molecule has 8 heteroatoms. The third-order valence-electron chi connectivity index (χ3n) is 5.48. The molecule has 198 valence electrons. The molecule has 0 spiro atoms. The van der Waals surface area contributed by atoms with Crippen molar-refractivity contribution in [2.75, 3.05) is 13.2 Å². The Balaban J connectivity index is 2.29. The SMILES string of the molecule is CCOc1ccc(CCC(=O)N(Cc2ccc(Cl)cc2Cl)C(CC)C(=O)NC(C)(C)C)cc1OCC. The van der Waals surface area contributed by atoms with Gasteiger partial charge >= 0.3 is 0 Å². The number of amides is 2. The van der Waals surface area contributed by atoms with E-state index in [1.165, 1.54) is 0 Å². The first-order chi connectivity index (χ1) is 17.0. The number of carbonyl (C=O) groups is 2. The Hall–Kier alpha value is -2.44. The summed E-state index contributed by atoms with van der Waals surface area (Å²) in [4.78, 5) is 28.4. The van der Waals surface area contributed by atoms with Gasteiger partial charge in [0.25, 0.3) is 0 Å². The smallest absolute Gasteiger partial charge is 0.243 e. The zero-order valence-corrected chi connectivity index (χ0v) is 23.6. The highest BCUT2D eigenvalue weighted by Crippen LogP contribution is 2.29. The van der Waals surface area contributed by atoms with Gasteiger partial charge in [-0.25, -0.2) is 0 Å². The Morgan fingerprint density at radius 1 is 0.972 bits per heavy atom. The van der Waals surface area contributed by atoms with Crippen LogP contribution in [0.25, 0.3) is 0 Å². The first-order valence-electron chi connectivity index (χ1n) is 12.4. The molecule has 0 aromatic heterocycles. The molecule has 0 aliphatic rings. The van der Waals surface area contributed by atoms with Crippen molar-refractivity contribution < 1.29 is 19.1 Å². The lowest BCUT2D eigenvalue weighted by atomic mass is 10.0. The molecular weight excluding hydrogens is 499 g/mol. The summed E-state index contributed by atoms with van der Waals surface area (Å²) in [6.07, 6.45) is 1.19. The van der Waals surface area contributed by atoms with E-state index < -0.39 is 11.6 Å². The van der Waals surface area contributed by atoms with Crippen LogP contribution in [0.5, 0.6) is 11.5 Å². The first-order valence-corrected chi connectivity index (χ1v) is 13.2. The van der Waals surface area contributed by atoms with Crippen LogP contribution >= 0.6 is 23.2 Å². The molecule has 1 atom stereocenters. The number of aryl methyl sites for hydroxylation is 1. The summed E-state index contributed by atoms with van der Waals surface area (Å²) in [6.45, 7) is 12.7. The largest absolute Gasteiger partial charge is 0.490 e. The molecule has 1 unspecified atom stereocenters. The number of benzene rings is 2. The minimum absolute atomic E-state index is 0.135. The Morgan fingerprint density at radius 3 is 2.22 bits per heavy atom. The fourth-order valence-electron chi connectivity index (χ4n) is 3.85. The molecule has 6 nitrogen and oxygen atoms in total. The Labute approximate surface area is 225 Å². The molecule has 0 bridgehead atoms. The van der Waals surface area contributed by atoms with Crippen molar-refractivity contribution in [2.45, 2.75) is 78.9 Å². The number of ether oxygens (including phenoxy) is 2. The van der Waals surface area contributed by atoms with Crippen molar-refractivity contribution in [3.8, 4) is 11.5 Å². The summed E-state index contributed by atoms with van der Waals surface area (Å²) in [6, 6.07) is 10.2. The Bertz CT molecular complexity index is 1040. The van der Waals surface area contributed by atoms with Crippen LogP contribution in [0.15, 0.2) is 36.4 Å². The molecule has 2 amide bonds. The lowest BCUT2D eigenvalue weighted by Gasteiger charge is -2.33. The fourth-order valence-corrected chi connectivity index (χ4v) is 4.32. The lowest BCUT2D eigenvalue weighted by Crippen LogP contribution is -2.53. The van der Waals surface area contributed by atoms with Crippen molar-refractivity contribution in [3.05, 3.63) is 57.6 Å². The molecule has 0 aliphatic carbocycles. The first kappa shape index (κ1) is 29.8. The highest BCUT2D eigenvalue weighted by atomic mass is 35.5. The highest BCUT2D eigenvalue weighted by molar-refractivity contribution is 6.35. The monoisotopic (exact) mass is 536 g/mol. The molecule has 1 N–H and O–H groups in total. The maximum atomic E-state index is 13.6. The number of hydrogen-bond acceptors (Lipinski definition) is 4. The van der Waals surface area contributed by atoms with Gasteiger partial charge in [0, 0.05) is 28.5 Å². The van der Waals surface area contributed by atoms with Crippen LogP contribution in [0.4, 0.5) is 0 Å². The maximum Gasteiger partial charge on any atom is 0.243 e. The maximum absolute atomic E-state index is 13.6. The van der Waals surface area contributed by atoms with E-state index in [0.29, 0.717) is 47.6 Å². The van der Waals surface area contributed by atoms with Crippen molar-refractivity contribution >= 4 is 35.0 Å². The van der Waals surface area contributed by atoms with Crippen molar-refractivity contribution in [1.29, 1.82) is 0 Å². The van der Waals surface area contributed by atoms with E-state index in [2.05, 4.69) is 5.32 Å². The molecule has 0 saturated carbocycles. The summed E-state index contributed by atoms with van der Waals surface area (Å²) in [5.74, 6) is 1.01. The standard InChI is InChI=1S/C28H38Cl2N2O4/c1-7-23(27(34)31-28(4,5)6)32(18-20-12-13-21(29)17-22(20)30)26(33)15-11-19-10-14-24(35-8-2)25(16-19)36-9-3/h10,12-14,16-17,23H,7-9,11,15,18H2,1-6H3,(H,31,34). The Kier molecular flexibility index (Phi) is 11.4. The van der Waals surface area contributed by atoms with Gasteiger partial charge < -0.3 is 19.7 Å². The summed E-state index contributed by atoms with van der Waals surface area (Å²) in [5, 5.41) is 3.98. The molecule has 0 radical (unpaired) electrons. The highest BCUT2D eigenvalue weighted by Gasteiger charge is 2.31. The second kappa shape index (κ2) is 13.8. The molecule has 2 rings (SSSR count). The summed E-state index contributed by atoms with van der Waals surface area (Å²) in [5.41, 5.74) is 1.26. The molecule has 0 saturated heterocycles. The average molecular weight is 538 g/mol. The Morgan fingerprint density at radius 2 is 1.64 bits per heavy atom. The van der Waals surface area contributed by atoms with E-state index in [9.17, 15) is 9.59 Å². The van der Waals surface area contributed by atoms with E-state index in [0.717, 1.165) is 11.1 Å². The van der Waals surface area contributed by atoms with E-state index in [4.69, 9.17) is 32.7 Å². The molecular formula is C28H38Cl2N2O4. The van der Waals surface area contributed by atoms with Gasteiger partial charge in [-0.1, -0.05) is 42.3 Å². The molecule has 2 aromatic rings. The van der Waals surface area contributed by atoms with E-state index in [1.807, 2.05) is 59.7 Å². The van der Waals surface area contributed by atoms with Crippen LogP contribution in [-0.2, 0) is 22.6 Å². The normalized spacial score (nSPS) is 12.1.